The van der Waals surface area contributed by atoms with Crippen molar-refractivity contribution in [1.82, 2.24) is 5.32 Å². The fourth-order valence-corrected chi connectivity index (χ4v) is 2.07. The summed E-state index contributed by atoms with van der Waals surface area (Å²) in [7, 11) is 0. The van der Waals surface area contributed by atoms with Crippen LogP contribution in [0.25, 0.3) is 0 Å². The van der Waals surface area contributed by atoms with E-state index >= 15 is 0 Å². The van der Waals surface area contributed by atoms with Gasteiger partial charge in [-0.05, 0) is 18.6 Å². The van der Waals surface area contributed by atoms with Crippen molar-refractivity contribution in [1.29, 1.82) is 0 Å². The van der Waals surface area contributed by atoms with Crippen LogP contribution in [0.4, 0.5) is 0 Å². The van der Waals surface area contributed by atoms with E-state index in [1.54, 1.807) is 0 Å². The molecule has 1 aromatic carbocycles. The van der Waals surface area contributed by atoms with Crippen LogP contribution in [0.1, 0.15) is 16.8 Å². The van der Waals surface area contributed by atoms with Crippen molar-refractivity contribution in [3.63, 3.8) is 0 Å². The van der Waals surface area contributed by atoms with Crippen molar-refractivity contribution in [3.05, 3.63) is 32.8 Å². The molecule has 0 spiro atoms. The summed E-state index contributed by atoms with van der Waals surface area (Å²) in [6, 6.07) is 3.06. The molecule has 2 N–H and O–H groups in total. The second-order valence-electron chi connectivity index (χ2n) is 3.66. The van der Waals surface area contributed by atoms with Gasteiger partial charge < -0.3 is 15.2 Å². The van der Waals surface area contributed by atoms with Gasteiger partial charge in [-0.25, -0.2) is 0 Å². The first-order chi connectivity index (χ1) is 9.07. The number of rotatable bonds is 7. The minimum absolute atomic E-state index is 0.0138. The molecule has 0 unspecified atom stereocenters. The molecular weight excluding hydrogens is 312 g/mol. The largest absolute Gasteiger partial charge is 0.394 e. The Bertz CT molecular complexity index is 440. The van der Waals surface area contributed by atoms with Crippen LogP contribution in [0.2, 0.25) is 15.1 Å². The third kappa shape index (κ3) is 5.16. The third-order valence-corrected chi connectivity index (χ3v) is 3.38. The van der Waals surface area contributed by atoms with Gasteiger partial charge in [-0.3, -0.25) is 4.79 Å². The highest BCUT2D eigenvalue weighted by atomic mass is 35.5. The van der Waals surface area contributed by atoms with Gasteiger partial charge in [0.05, 0.1) is 33.8 Å². The Labute approximate surface area is 126 Å². The van der Waals surface area contributed by atoms with Gasteiger partial charge in [0.2, 0.25) is 0 Å². The van der Waals surface area contributed by atoms with Crippen molar-refractivity contribution in [2.45, 2.75) is 6.42 Å². The number of carbonyl (C=O) groups excluding carboxylic acids is 1. The number of halogens is 3. The van der Waals surface area contributed by atoms with Gasteiger partial charge in [0, 0.05) is 13.2 Å². The Morgan fingerprint density at radius 2 is 1.89 bits per heavy atom. The number of aliphatic hydroxyl groups is 1. The molecule has 4 nitrogen and oxygen atoms in total. The summed E-state index contributed by atoms with van der Waals surface area (Å²) >= 11 is 17.7. The number of benzene rings is 1. The van der Waals surface area contributed by atoms with Crippen LogP contribution in [-0.2, 0) is 4.74 Å². The standard InChI is InChI=1S/C12H14Cl3NO3/c13-8-2-3-9(14)11(15)10(8)12(18)16-4-1-6-19-7-5-17/h2-3,17H,1,4-7H2,(H,16,18). The average molecular weight is 327 g/mol. The van der Waals surface area contributed by atoms with Crippen molar-refractivity contribution < 1.29 is 14.6 Å². The molecule has 0 fully saturated rings. The molecule has 19 heavy (non-hydrogen) atoms. The molecule has 1 rings (SSSR count). The lowest BCUT2D eigenvalue weighted by Crippen LogP contribution is -2.26. The topological polar surface area (TPSA) is 58.6 Å². The van der Waals surface area contributed by atoms with Crippen LogP contribution in [-0.4, -0.2) is 37.4 Å². The van der Waals surface area contributed by atoms with Gasteiger partial charge in [-0.1, -0.05) is 34.8 Å². The molecule has 0 aromatic heterocycles. The number of ether oxygens (including phenoxy) is 1. The van der Waals surface area contributed by atoms with Gasteiger partial charge in [-0.2, -0.15) is 0 Å². The van der Waals surface area contributed by atoms with Gasteiger partial charge in [0.1, 0.15) is 0 Å². The minimum Gasteiger partial charge on any atom is -0.394 e. The van der Waals surface area contributed by atoms with Crippen LogP contribution in [0.5, 0.6) is 0 Å². The normalized spacial score (nSPS) is 10.5. The van der Waals surface area contributed by atoms with E-state index in [9.17, 15) is 4.79 Å². The summed E-state index contributed by atoms with van der Waals surface area (Å²) in [5.74, 6) is -0.375. The predicted octanol–water partition coefficient (Wildman–Crippen LogP) is 2.78. The van der Waals surface area contributed by atoms with E-state index in [4.69, 9.17) is 44.6 Å². The molecule has 0 saturated heterocycles. The van der Waals surface area contributed by atoms with Gasteiger partial charge >= 0.3 is 0 Å². The van der Waals surface area contributed by atoms with Crippen molar-refractivity contribution in [2.75, 3.05) is 26.4 Å². The maximum atomic E-state index is 11.9. The van der Waals surface area contributed by atoms with E-state index in [0.717, 1.165) is 0 Å². The van der Waals surface area contributed by atoms with Crippen molar-refractivity contribution >= 4 is 40.7 Å². The first kappa shape index (κ1) is 16.5. The molecule has 1 aromatic rings. The molecule has 7 heteroatoms. The van der Waals surface area contributed by atoms with E-state index in [1.807, 2.05) is 0 Å². The number of hydrogen-bond acceptors (Lipinski definition) is 3. The number of nitrogens with one attached hydrogen (secondary N) is 1. The monoisotopic (exact) mass is 325 g/mol. The predicted molar refractivity (Wildman–Crippen MR) is 76.3 cm³/mol. The molecule has 0 radical (unpaired) electrons. The van der Waals surface area contributed by atoms with E-state index in [1.165, 1.54) is 12.1 Å². The quantitative estimate of drug-likeness (QED) is 0.598. The van der Waals surface area contributed by atoms with Crippen LogP contribution in [0.15, 0.2) is 12.1 Å². The van der Waals surface area contributed by atoms with E-state index in [0.29, 0.717) is 26.2 Å². The fourth-order valence-electron chi connectivity index (χ4n) is 1.37. The summed E-state index contributed by atoms with van der Waals surface area (Å²) in [5, 5.41) is 11.9. The summed E-state index contributed by atoms with van der Waals surface area (Å²) < 4.78 is 5.06. The summed E-state index contributed by atoms with van der Waals surface area (Å²) in [6.45, 7) is 1.15. The highest BCUT2D eigenvalue weighted by Gasteiger charge is 2.16. The summed E-state index contributed by atoms with van der Waals surface area (Å²) in [4.78, 5) is 11.9. The molecule has 0 atom stereocenters. The summed E-state index contributed by atoms with van der Waals surface area (Å²) in [6.07, 6.45) is 0.627. The molecule has 0 heterocycles. The lowest BCUT2D eigenvalue weighted by atomic mass is 10.2. The molecule has 0 saturated carbocycles. The van der Waals surface area contributed by atoms with Crippen LogP contribution >= 0.6 is 34.8 Å². The smallest absolute Gasteiger partial charge is 0.254 e. The Morgan fingerprint density at radius 3 is 2.58 bits per heavy atom. The molecule has 0 aliphatic heterocycles. The Balaban J connectivity index is 2.48. The second-order valence-corrected chi connectivity index (χ2v) is 4.86. The van der Waals surface area contributed by atoms with Crippen LogP contribution in [0.3, 0.4) is 0 Å². The van der Waals surface area contributed by atoms with Gasteiger partial charge in [-0.15, -0.1) is 0 Å². The van der Waals surface area contributed by atoms with Crippen molar-refractivity contribution in [3.8, 4) is 0 Å². The molecule has 0 aliphatic carbocycles. The maximum Gasteiger partial charge on any atom is 0.254 e. The molecule has 0 aliphatic rings. The van der Waals surface area contributed by atoms with Crippen LogP contribution in [0, 0.1) is 0 Å². The highest BCUT2D eigenvalue weighted by molar-refractivity contribution is 6.46. The number of amides is 1. The van der Waals surface area contributed by atoms with E-state index in [2.05, 4.69) is 5.32 Å². The van der Waals surface area contributed by atoms with E-state index in [-0.39, 0.29) is 33.1 Å². The zero-order valence-corrected chi connectivity index (χ0v) is 12.4. The number of carbonyl (C=O) groups is 1. The van der Waals surface area contributed by atoms with Crippen LogP contribution < -0.4 is 5.32 Å². The van der Waals surface area contributed by atoms with Gasteiger partial charge in [0.15, 0.2) is 0 Å². The molecule has 0 bridgehead atoms. The first-order valence-corrected chi connectivity index (χ1v) is 6.81. The highest BCUT2D eigenvalue weighted by Crippen LogP contribution is 2.31. The fraction of sp³-hybridized carbons (Fsp3) is 0.417. The van der Waals surface area contributed by atoms with Crippen molar-refractivity contribution in [2.24, 2.45) is 0 Å². The lowest BCUT2D eigenvalue weighted by Gasteiger charge is -2.09. The number of aliphatic hydroxyl groups excluding tert-OH is 1. The lowest BCUT2D eigenvalue weighted by molar-refractivity contribution is 0.0868. The summed E-state index contributed by atoms with van der Waals surface area (Å²) in [5.41, 5.74) is 0.173. The molecule has 1 amide bonds. The first-order valence-electron chi connectivity index (χ1n) is 5.68. The minimum atomic E-state index is -0.375. The Hall–Kier alpha value is -0.520. The average Bonchev–Trinajstić information content (AvgIpc) is 2.38. The zero-order valence-electron chi connectivity index (χ0n) is 10.1. The van der Waals surface area contributed by atoms with Gasteiger partial charge in [0.25, 0.3) is 5.91 Å². The molecule has 106 valence electrons. The SMILES string of the molecule is O=C(NCCCOCCO)c1c(Cl)ccc(Cl)c1Cl. The van der Waals surface area contributed by atoms with E-state index < -0.39 is 0 Å². The Morgan fingerprint density at radius 1 is 1.21 bits per heavy atom. The number of hydrogen-bond donors (Lipinski definition) is 2. The molecular formula is C12H14Cl3NO3. The third-order valence-electron chi connectivity index (χ3n) is 2.26. The zero-order chi connectivity index (χ0) is 14.3. The maximum absolute atomic E-state index is 11.9. The Kier molecular flexibility index (Phi) is 7.49. The second kappa shape index (κ2) is 8.61.